The standard InChI is InChI=1S/C14H15F5N2O2/c15-9-3-1-2-8(12(9)16)7-4-10(20)13(23)21(5-7)6-11(22)14(17,18)19/h1-3,7,10-11,22H,4-6,20H2/t7-,10+,11+/m1/s1. The zero-order chi connectivity index (χ0) is 17.4. The second-order valence-corrected chi connectivity index (χ2v) is 5.48. The smallest absolute Gasteiger partial charge is 0.382 e. The number of aliphatic hydroxyl groups is 1. The van der Waals surface area contributed by atoms with E-state index in [1.54, 1.807) is 0 Å². The Balaban J connectivity index is 2.22. The minimum Gasteiger partial charge on any atom is -0.382 e. The Morgan fingerprint density at radius 3 is 2.61 bits per heavy atom. The second kappa shape index (κ2) is 6.40. The number of amides is 1. The molecule has 1 fully saturated rings. The van der Waals surface area contributed by atoms with Gasteiger partial charge in [-0.15, -0.1) is 0 Å². The molecule has 1 aliphatic rings. The van der Waals surface area contributed by atoms with Crippen molar-refractivity contribution in [1.29, 1.82) is 0 Å². The van der Waals surface area contributed by atoms with Crippen molar-refractivity contribution in [3.8, 4) is 0 Å². The van der Waals surface area contributed by atoms with E-state index in [1.165, 1.54) is 12.1 Å². The quantitative estimate of drug-likeness (QED) is 0.822. The summed E-state index contributed by atoms with van der Waals surface area (Å²) in [5.41, 5.74) is 5.54. The van der Waals surface area contributed by atoms with Crippen LogP contribution in [0.3, 0.4) is 0 Å². The lowest BCUT2D eigenvalue weighted by atomic mass is 9.87. The monoisotopic (exact) mass is 338 g/mol. The lowest BCUT2D eigenvalue weighted by molar-refractivity contribution is -0.209. The molecule has 23 heavy (non-hydrogen) atoms. The summed E-state index contributed by atoms with van der Waals surface area (Å²) in [5.74, 6) is -3.72. The predicted molar refractivity (Wildman–Crippen MR) is 70.3 cm³/mol. The number of halogens is 5. The highest BCUT2D eigenvalue weighted by Gasteiger charge is 2.42. The van der Waals surface area contributed by atoms with Crippen LogP contribution in [-0.4, -0.2) is 47.3 Å². The molecule has 128 valence electrons. The van der Waals surface area contributed by atoms with Crippen molar-refractivity contribution < 1.29 is 31.9 Å². The van der Waals surface area contributed by atoms with Gasteiger partial charge in [-0.2, -0.15) is 13.2 Å². The molecule has 0 unspecified atom stereocenters. The van der Waals surface area contributed by atoms with Gasteiger partial charge in [0.05, 0.1) is 12.6 Å². The molecule has 0 aromatic heterocycles. The van der Waals surface area contributed by atoms with Crippen LogP contribution >= 0.6 is 0 Å². The van der Waals surface area contributed by atoms with Crippen LogP contribution < -0.4 is 5.73 Å². The summed E-state index contributed by atoms with van der Waals surface area (Å²) >= 11 is 0. The molecule has 2 rings (SSSR count). The summed E-state index contributed by atoms with van der Waals surface area (Å²) in [6.07, 6.45) is -7.63. The van der Waals surface area contributed by atoms with Gasteiger partial charge in [-0.25, -0.2) is 8.78 Å². The third-order valence-corrected chi connectivity index (χ3v) is 3.80. The van der Waals surface area contributed by atoms with Gasteiger partial charge < -0.3 is 15.7 Å². The van der Waals surface area contributed by atoms with E-state index in [1.807, 2.05) is 0 Å². The number of β-amino-alcohol motifs (C(OH)–C–C–N with tert-alkyl or cyclic N) is 1. The summed E-state index contributed by atoms with van der Waals surface area (Å²) in [7, 11) is 0. The highest BCUT2D eigenvalue weighted by atomic mass is 19.4. The number of hydrogen-bond acceptors (Lipinski definition) is 3. The van der Waals surface area contributed by atoms with Crippen molar-refractivity contribution in [2.24, 2.45) is 5.73 Å². The minimum atomic E-state index is -4.89. The summed E-state index contributed by atoms with van der Waals surface area (Å²) in [6.45, 7) is -1.27. The number of carbonyl (C=O) groups is 1. The number of likely N-dealkylation sites (tertiary alicyclic amines) is 1. The van der Waals surface area contributed by atoms with Crippen molar-refractivity contribution in [2.75, 3.05) is 13.1 Å². The minimum absolute atomic E-state index is 0.0161. The molecule has 3 N–H and O–H groups in total. The lowest BCUT2D eigenvalue weighted by Crippen LogP contribution is -2.54. The van der Waals surface area contributed by atoms with Gasteiger partial charge >= 0.3 is 6.18 Å². The number of hydrogen-bond donors (Lipinski definition) is 2. The highest BCUT2D eigenvalue weighted by molar-refractivity contribution is 5.82. The molecule has 0 spiro atoms. The van der Waals surface area contributed by atoms with Gasteiger partial charge in [-0.1, -0.05) is 12.1 Å². The fraction of sp³-hybridized carbons (Fsp3) is 0.500. The molecule has 0 bridgehead atoms. The zero-order valence-corrected chi connectivity index (χ0v) is 11.9. The highest BCUT2D eigenvalue weighted by Crippen LogP contribution is 2.31. The number of rotatable bonds is 3. The normalized spacial score (nSPS) is 24.0. The van der Waals surface area contributed by atoms with E-state index in [-0.39, 0.29) is 18.5 Å². The maximum absolute atomic E-state index is 13.8. The molecule has 1 aromatic carbocycles. The van der Waals surface area contributed by atoms with E-state index in [0.717, 1.165) is 11.0 Å². The molecule has 1 heterocycles. The molecule has 1 aromatic rings. The number of nitrogens with zero attached hydrogens (tertiary/aromatic N) is 1. The molecule has 1 amide bonds. The van der Waals surface area contributed by atoms with Crippen molar-refractivity contribution in [3.63, 3.8) is 0 Å². The molecule has 0 aliphatic carbocycles. The third kappa shape index (κ3) is 3.78. The number of aliphatic hydroxyl groups excluding tert-OH is 1. The number of benzene rings is 1. The van der Waals surface area contributed by atoms with Crippen molar-refractivity contribution in [3.05, 3.63) is 35.4 Å². The fourth-order valence-electron chi connectivity index (χ4n) is 2.61. The summed E-state index contributed by atoms with van der Waals surface area (Å²) in [5, 5.41) is 9.10. The maximum atomic E-state index is 13.8. The Morgan fingerprint density at radius 1 is 1.35 bits per heavy atom. The Labute approximate surface area is 128 Å². The second-order valence-electron chi connectivity index (χ2n) is 5.48. The van der Waals surface area contributed by atoms with Gasteiger partial charge in [0.1, 0.15) is 0 Å². The molecule has 1 saturated heterocycles. The first-order valence-electron chi connectivity index (χ1n) is 6.84. The molecular weight excluding hydrogens is 323 g/mol. The molecule has 0 saturated carbocycles. The van der Waals surface area contributed by atoms with Crippen LogP contribution in [0.15, 0.2) is 18.2 Å². The predicted octanol–water partition coefficient (Wildman–Crippen LogP) is 1.53. The third-order valence-electron chi connectivity index (χ3n) is 3.80. The van der Waals surface area contributed by atoms with E-state index in [9.17, 15) is 26.7 Å². The van der Waals surface area contributed by atoms with E-state index in [0.29, 0.717) is 0 Å². The van der Waals surface area contributed by atoms with Gasteiger partial charge in [0, 0.05) is 12.5 Å². The Morgan fingerprint density at radius 2 is 2.00 bits per heavy atom. The Hall–Kier alpha value is -1.74. The van der Waals surface area contributed by atoms with Crippen LogP contribution in [0.2, 0.25) is 0 Å². The van der Waals surface area contributed by atoms with Crippen LogP contribution in [0.4, 0.5) is 22.0 Å². The molecule has 0 radical (unpaired) electrons. The molecule has 1 aliphatic heterocycles. The topological polar surface area (TPSA) is 66.6 Å². The summed E-state index contributed by atoms with van der Waals surface area (Å²) in [6, 6.07) is 2.34. The zero-order valence-electron chi connectivity index (χ0n) is 11.9. The number of piperidine rings is 1. The van der Waals surface area contributed by atoms with Gasteiger partial charge in [0.2, 0.25) is 5.91 Å². The van der Waals surface area contributed by atoms with Crippen molar-refractivity contribution >= 4 is 5.91 Å². The Bertz CT molecular complexity index is 593. The van der Waals surface area contributed by atoms with Crippen LogP contribution in [0, 0.1) is 11.6 Å². The SMILES string of the molecule is N[C@H]1C[C@@H](c2cccc(F)c2F)CN(C[C@H](O)C(F)(F)F)C1=O. The van der Waals surface area contributed by atoms with E-state index in [2.05, 4.69) is 0 Å². The first-order valence-corrected chi connectivity index (χ1v) is 6.84. The molecular formula is C14H15F5N2O2. The van der Waals surface area contributed by atoms with E-state index < -0.39 is 48.3 Å². The number of nitrogens with two attached hydrogens (primary N) is 1. The van der Waals surface area contributed by atoms with Crippen LogP contribution in [-0.2, 0) is 4.79 Å². The van der Waals surface area contributed by atoms with Gasteiger partial charge in [-0.05, 0) is 18.1 Å². The average molecular weight is 338 g/mol. The van der Waals surface area contributed by atoms with Crippen molar-refractivity contribution in [2.45, 2.75) is 30.7 Å². The summed E-state index contributed by atoms with van der Waals surface area (Å²) in [4.78, 5) is 12.6. The molecule has 3 atom stereocenters. The van der Waals surface area contributed by atoms with Crippen LogP contribution in [0.1, 0.15) is 17.9 Å². The largest absolute Gasteiger partial charge is 0.416 e. The summed E-state index contributed by atoms with van der Waals surface area (Å²) < 4.78 is 64.4. The average Bonchev–Trinajstić information content (AvgIpc) is 2.45. The number of carbonyl (C=O) groups excluding carboxylic acids is 1. The fourth-order valence-corrected chi connectivity index (χ4v) is 2.61. The van der Waals surface area contributed by atoms with Crippen LogP contribution in [0.25, 0.3) is 0 Å². The van der Waals surface area contributed by atoms with E-state index >= 15 is 0 Å². The van der Waals surface area contributed by atoms with Gasteiger partial charge in [-0.3, -0.25) is 4.79 Å². The van der Waals surface area contributed by atoms with E-state index in [4.69, 9.17) is 10.8 Å². The lowest BCUT2D eigenvalue weighted by Gasteiger charge is -2.37. The Kier molecular flexibility index (Phi) is 4.90. The molecule has 4 nitrogen and oxygen atoms in total. The first-order chi connectivity index (χ1) is 10.6. The van der Waals surface area contributed by atoms with Gasteiger partial charge in [0.25, 0.3) is 0 Å². The molecule has 9 heteroatoms. The van der Waals surface area contributed by atoms with Crippen LogP contribution in [0.5, 0.6) is 0 Å². The maximum Gasteiger partial charge on any atom is 0.416 e. The first kappa shape index (κ1) is 17.6. The van der Waals surface area contributed by atoms with Gasteiger partial charge in [0.15, 0.2) is 17.7 Å². The number of alkyl halides is 3. The van der Waals surface area contributed by atoms with Crippen molar-refractivity contribution in [1.82, 2.24) is 4.90 Å².